The van der Waals surface area contributed by atoms with Gasteiger partial charge in [-0.2, -0.15) is 0 Å². The molecule has 0 aromatic rings. The third-order valence-corrected chi connectivity index (χ3v) is 0. The molecule has 0 heterocycles. The molecule has 0 aromatic heterocycles. The number of hydrogen-bond acceptors (Lipinski definition) is 6. The number of carbonyl (C=O) groups excluding carboxylic acids is 2. The van der Waals surface area contributed by atoms with Gasteiger partial charge in [0.25, 0.3) is 0 Å². The Labute approximate surface area is 88.5 Å². The second kappa shape index (κ2) is 43.7. The van der Waals surface area contributed by atoms with Crippen molar-refractivity contribution in [3.8, 4) is 0 Å². The first-order valence-corrected chi connectivity index (χ1v) is 1.22. The molecule has 0 amide bonds. The van der Waals surface area contributed by atoms with Gasteiger partial charge in [0.1, 0.15) is 0 Å². The third-order valence-electron chi connectivity index (χ3n) is 0. The van der Waals surface area contributed by atoms with E-state index in [9.17, 15) is 0 Å². The van der Waals surface area contributed by atoms with E-state index >= 15 is 0 Å². The van der Waals surface area contributed by atoms with E-state index in [2.05, 4.69) is 0 Å². The standard InChI is InChI=1S/2CH2O3.4N.Pt/c2*2-1(3)4;;;;;/h2*(H2,2,3,4);;;;;/q;;;;;;+4/p-4. The maximum Gasteiger partial charge on any atom is 4.00 e. The summed E-state index contributed by atoms with van der Waals surface area (Å²) in [5.41, 5.74) is 0. The Hall–Kier alpha value is -0.932. The van der Waals surface area contributed by atoms with Crippen molar-refractivity contribution in [2.75, 3.05) is 0 Å². The monoisotopic (exact) mass is 371 g/mol. The Balaban J connectivity index is -0.00000000800. The predicted octanol–water partition coefficient (Wildman–Crippen LogP) is -6.82. The van der Waals surface area contributed by atoms with E-state index in [-0.39, 0.29) is 45.7 Å². The zero-order valence-electron chi connectivity index (χ0n) is 5.55. The minimum absolute atomic E-state index is 0. The number of carboxylic acid groups (broad SMARTS) is 4. The smallest absolute Gasteiger partial charge is 0.652 e. The van der Waals surface area contributed by atoms with Gasteiger partial charge in [-0.1, -0.05) is 0 Å². The predicted molar refractivity (Wildman–Crippen MR) is 19.3 cm³/mol. The molecule has 0 unspecified atom stereocenters. The fourth-order valence-corrected chi connectivity index (χ4v) is 0. The average Bonchev–Trinajstić information content (AvgIpc) is 1.25. The average molecular weight is 371 g/mol. The molecule has 13 heavy (non-hydrogen) atoms. The van der Waals surface area contributed by atoms with Crippen LogP contribution in [0.15, 0.2) is 0 Å². The molecule has 0 aliphatic rings. The van der Waals surface area contributed by atoms with Crippen LogP contribution in [0.25, 0.3) is 0 Å². The molecular weight excluding hydrogens is 371 g/mol. The van der Waals surface area contributed by atoms with Gasteiger partial charge in [0.2, 0.25) is 0 Å². The van der Waals surface area contributed by atoms with E-state index in [1.165, 1.54) is 0 Å². The van der Waals surface area contributed by atoms with Gasteiger partial charge in [0.05, 0.1) is 0 Å². The number of nitrogens with zero attached hydrogens (tertiary/aromatic N) is 4. The van der Waals surface area contributed by atoms with Crippen LogP contribution in [-0.4, -0.2) is 12.3 Å². The molecule has 0 fully saturated rings. The molecule has 0 spiro atoms. The second-order valence-corrected chi connectivity index (χ2v) is 0.500. The Kier molecular flexibility index (Phi) is 193. The summed E-state index contributed by atoms with van der Waals surface area (Å²) < 4.78 is 0. The summed E-state index contributed by atoms with van der Waals surface area (Å²) in [5.74, 6) is 0. The van der Waals surface area contributed by atoms with E-state index in [1.807, 2.05) is 0 Å². The first kappa shape index (κ1) is 57.6. The largest absolute Gasteiger partial charge is 4.00 e. The van der Waals surface area contributed by atoms with Crippen LogP contribution in [0.4, 0.5) is 9.59 Å². The molecule has 0 aliphatic heterocycles. The Morgan fingerprint density at radius 3 is 0.615 bits per heavy atom. The first-order chi connectivity index (χ1) is 3.46. The van der Waals surface area contributed by atoms with Crippen LogP contribution < -0.4 is 45.0 Å². The Morgan fingerprint density at radius 1 is 0.615 bits per heavy atom. The Morgan fingerprint density at radius 2 is 0.615 bits per heavy atom. The van der Waals surface area contributed by atoms with E-state index < -0.39 is 12.3 Å². The van der Waals surface area contributed by atoms with Gasteiger partial charge in [0, 0.05) is 24.6 Å². The van der Waals surface area contributed by atoms with Crippen LogP contribution in [-0.2, 0) is 21.1 Å². The number of carbonyl (C=O) groups is 2. The van der Waals surface area contributed by atoms with Gasteiger partial charge in [0.15, 0.2) is 0 Å². The molecular formula is C2N4O6Pt. The molecule has 10 nitrogen and oxygen atoms in total. The quantitative estimate of drug-likeness (QED) is 0.399. The van der Waals surface area contributed by atoms with Crippen molar-refractivity contribution >= 4 is 12.3 Å². The minimum atomic E-state index is -2.33. The molecule has 0 aromatic carbocycles. The molecule has 74 valence electrons. The van der Waals surface area contributed by atoms with E-state index in [0.29, 0.717) is 0 Å². The van der Waals surface area contributed by atoms with E-state index in [0.717, 1.165) is 0 Å². The summed E-state index contributed by atoms with van der Waals surface area (Å²) in [4.78, 5) is 16.7. The van der Waals surface area contributed by atoms with Gasteiger partial charge in [-0.05, 0) is 12.3 Å². The number of hydrogen-bond donors (Lipinski definition) is 0. The molecule has 0 atom stereocenters. The molecule has 0 aliphatic carbocycles. The van der Waals surface area contributed by atoms with E-state index in [1.54, 1.807) is 0 Å². The van der Waals surface area contributed by atoms with Gasteiger partial charge in [-0.15, -0.1) is 0 Å². The van der Waals surface area contributed by atoms with Crippen molar-refractivity contribution in [2.24, 2.45) is 0 Å². The fraction of sp³-hybridized carbons (Fsp3) is 0. The summed E-state index contributed by atoms with van der Waals surface area (Å²) in [5, 5.41) is 33.3. The topological polar surface area (TPSA) is 248 Å². The van der Waals surface area contributed by atoms with Crippen LogP contribution >= 0.6 is 0 Å². The summed E-state index contributed by atoms with van der Waals surface area (Å²) in [6, 6.07) is 0. The molecule has 0 N–H and O–H groups in total. The Bertz CT molecular complexity index is 80.6. The molecule has 11 heteroatoms. The van der Waals surface area contributed by atoms with Gasteiger partial charge < -0.3 is 30.0 Å². The van der Waals surface area contributed by atoms with Crippen LogP contribution in [0, 0.1) is 0 Å². The fourth-order valence-electron chi connectivity index (χ4n) is 0. The summed E-state index contributed by atoms with van der Waals surface area (Å²) in [6.45, 7) is 0. The van der Waals surface area contributed by atoms with Crippen molar-refractivity contribution in [1.82, 2.24) is 24.6 Å². The van der Waals surface area contributed by atoms with Crippen LogP contribution in [0.2, 0.25) is 0 Å². The summed E-state index contributed by atoms with van der Waals surface area (Å²) >= 11 is 0. The van der Waals surface area contributed by atoms with Gasteiger partial charge >= 0.3 is 21.1 Å². The van der Waals surface area contributed by atoms with Crippen LogP contribution in [0.1, 0.15) is 0 Å². The van der Waals surface area contributed by atoms with Crippen molar-refractivity contribution < 1.29 is 51.1 Å². The normalized spacial score (nSPS) is 3.69. The zero-order valence-corrected chi connectivity index (χ0v) is 7.83. The minimum Gasteiger partial charge on any atom is -0.652 e. The number of rotatable bonds is 0. The molecule has 0 rings (SSSR count). The zero-order chi connectivity index (χ0) is 7.15. The summed E-state index contributed by atoms with van der Waals surface area (Å²) in [7, 11) is 0. The maximum atomic E-state index is 8.33. The van der Waals surface area contributed by atoms with Gasteiger partial charge in [-0.3, -0.25) is 0 Å². The molecule has 0 saturated carbocycles. The molecule has 12 radical (unpaired) electrons. The van der Waals surface area contributed by atoms with Crippen molar-refractivity contribution in [3.63, 3.8) is 0 Å². The van der Waals surface area contributed by atoms with E-state index in [4.69, 9.17) is 30.0 Å². The van der Waals surface area contributed by atoms with Crippen LogP contribution in [0.5, 0.6) is 0 Å². The molecule has 0 saturated heterocycles. The van der Waals surface area contributed by atoms with Crippen LogP contribution in [0.3, 0.4) is 0 Å². The second-order valence-electron chi connectivity index (χ2n) is 0.500. The maximum absolute atomic E-state index is 8.33. The molecule has 0 bridgehead atoms. The van der Waals surface area contributed by atoms with Crippen molar-refractivity contribution in [1.29, 1.82) is 0 Å². The third kappa shape index (κ3) is 1050. The van der Waals surface area contributed by atoms with Gasteiger partial charge in [-0.25, -0.2) is 0 Å². The first-order valence-electron chi connectivity index (χ1n) is 1.22. The van der Waals surface area contributed by atoms with Crippen molar-refractivity contribution in [2.45, 2.75) is 0 Å². The summed E-state index contributed by atoms with van der Waals surface area (Å²) in [6.07, 6.45) is -4.67. The van der Waals surface area contributed by atoms with Crippen molar-refractivity contribution in [3.05, 3.63) is 0 Å². The SMILES string of the molecule is O=C([O-])[O-].O=C([O-])[O-].[N].[N].[N].[N].[Pt+4].